The molecule has 1 aliphatic heterocycles. The predicted octanol–water partition coefficient (Wildman–Crippen LogP) is 4.11. The molecular formula is C18H18NO2+. The molecule has 1 heterocycles. The van der Waals surface area contributed by atoms with Crippen LogP contribution in [0.2, 0.25) is 0 Å². The van der Waals surface area contributed by atoms with Gasteiger partial charge in [-0.15, -0.1) is 4.58 Å². The average Bonchev–Trinajstić information content (AvgIpc) is 2.86. The van der Waals surface area contributed by atoms with E-state index in [4.69, 9.17) is 4.74 Å². The van der Waals surface area contributed by atoms with Gasteiger partial charge < -0.3 is 4.74 Å². The Hall–Kier alpha value is -2.42. The number of hydrogen-bond acceptors (Lipinski definition) is 2. The Bertz CT molecular complexity index is 649. The van der Waals surface area contributed by atoms with Gasteiger partial charge in [0.2, 0.25) is 6.04 Å². The molecule has 0 bridgehead atoms. The van der Waals surface area contributed by atoms with Crippen LogP contribution >= 0.6 is 0 Å². The van der Waals surface area contributed by atoms with Gasteiger partial charge in [-0.25, -0.2) is 0 Å². The largest absolute Gasteiger partial charge is 0.597 e. The highest BCUT2D eigenvalue weighted by Gasteiger charge is 2.49. The zero-order valence-electron chi connectivity index (χ0n) is 12.0. The third-order valence-corrected chi connectivity index (χ3v) is 3.67. The quantitative estimate of drug-likeness (QED) is 0.792. The summed E-state index contributed by atoms with van der Waals surface area (Å²) in [6.45, 7) is 2.02. The molecule has 3 nitrogen and oxygen atoms in total. The summed E-state index contributed by atoms with van der Waals surface area (Å²) in [5, 5.41) is 0. The second kappa shape index (κ2) is 5.92. The zero-order valence-corrected chi connectivity index (χ0v) is 12.0. The molecule has 0 spiro atoms. The number of hydrogen-bond donors (Lipinski definition) is 0. The summed E-state index contributed by atoms with van der Waals surface area (Å²) in [6.07, 6.45) is 2.14. The van der Waals surface area contributed by atoms with Crippen LogP contribution in [-0.4, -0.2) is 16.9 Å². The molecule has 0 radical (unpaired) electrons. The number of benzene rings is 2. The molecule has 1 fully saturated rings. The predicted molar refractivity (Wildman–Crippen MR) is 81.5 cm³/mol. The molecule has 3 heteroatoms. The van der Waals surface area contributed by atoms with Gasteiger partial charge in [0.05, 0.1) is 0 Å². The summed E-state index contributed by atoms with van der Waals surface area (Å²) in [5.41, 5.74) is 2.11. The Morgan fingerprint density at radius 2 is 1.57 bits per heavy atom. The van der Waals surface area contributed by atoms with E-state index in [1.807, 2.05) is 73.8 Å². The van der Waals surface area contributed by atoms with Crippen LogP contribution in [-0.2, 0) is 4.74 Å². The minimum absolute atomic E-state index is 0.110. The van der Waals surface area contributed by atoms with Crippen LogP contribution in [0, 0.1) is 0 Å². The van der Waals surface area contributed by atoms with E-state index in [0.717, 1.165) is 17.5 Å². The summed E-state index contributed by atoms with van der Waals surface area (Å²) in [6, 6.07) is 19.8. The number of nitrogens with zero attached hydrogens (tertiary/aromatic N) is 1. The highest BCUT2D eigenvalue weighted by atomic mass is 16.6. The van der Waals surface area contributed by atoms with Gasteiger partial charge in [-0.05, 0) is 5.56 Å². The lowest BCUT2D eigenvalue weighted by Crippen LogP contribution is -2.19. The number of rotatable bonds is 3. The number of carbonyl (C=O) groups excluding carboxylic acids is 1. The monoisotopic (exact) mass is 280 g/mol. The van der Waals surface area contributed by atoms with Crippen molar-refractivity contribution in [3.63, 3.8) is 0 Å². The van der Waals surface area contributed by atoms with Crippen LogP contribution in [0.25, 0.3) is 0 Å². The Morgan fingerprint density at radius 1 is 1.00 bits per heavy atom. The fourth-order valence-electron chi connectivity index (χ4n) is 2.76. The summed E-state index contributed by atoms with van der Waals surface area (Å²) in [7, 11) is 0. The standard InChI is InChI=1S/C18H18NO2/c1-2-13-19-16(14-9-5-3-6-10-14)17(21-18(19)20)15-11-7-4-8-12-15/h3-13,16-17H,2H2,1H3/q+1/b19-13-/t16-,17+/m1/s1. The Morgan fingerprint density at radius 3 is 2.14 bits per heavy atom. The second-order valence-corrected chi connectivity index (χ2v) is 5.07. The van der Waals surface area contributed by atoms with Crippen LogP contribution in [0.3, 0.4) is 0 Å². The van der Waals surface area contributed by atoms with E-state index in [2.05, 4.69) is 0 Å². The van der Waals surface area contributed by atoms with Crippen molar-refractivity contribution in [3.05, 3.63) is 71.8 Å². The van der Waals surface area contributed by atoms with E-state index in [0.29, 0.717) is 0 Å². The van der Waals surface area contributed by atoms with Crippen LogP contribution in [0.5, 0.6) is 0 Å². The third kappa shape index (κ3) is 2.59. The molecule has 21 heavy (non-hydrogen) atoms. The minimum Gasteiger partial charge on any atom is -0.396 e. The van der Waals surface area contributed by atoms with Crippen molar-refractivity contribution in [2.75, 3.05) is 0 Å². The van der Waals surface area contributed by atoms with Crippen molar-refractivity contribution in [1.82, 2.24) is 0 Å². The van der Waals surface area contributed by atoms with Crippen LogP contribution < -0.4 is 0 Å². The molecule has 1 amide bonds. The average molecular weight is 280 g/mol. The van der Waals surface area contributed by atoms with Gasteiger partial charge in [0.15, 0.2) is 12.3 Å². The third-order valence-electron chi connectivity index (χ3n) is 3.67. The van der Waals surface area contributed by atoms with Crippen molar-refractivity contribution >= 4 is 12.3 Å². The topological polar surface area (TPSA) is 29.3 Å². The summed E-state index contributed by atoms with van der Waals surface area (Å²) in [4.78, 5) is 12.2. The fraction of sp³-hybridized carbons (Fsp3) is 0.222. The lowest BCUT2D eigenvalue weighted by Gasteiger charge is -2.13. The van der Waals surface area contributed by atoms with E-state index in [-0.39, 0.29) is 18.2 Å². The number of amides is 1. The van der Waals surface area contributed by atoms with Crippen molar-refractivity contribution in [2.24, 2.45) is 0 Å². The molecule has 0 N–H and O–H groups in total. The van der Waals surface area contributed by atoms with E-state index >= 15 is 0 Å². The Kier molecular flexibility index (Phi) is 3.82. The lowest BCUT2D eigenvalue weighted by atomic mass is 9.96. The molecule has 0 aromatic heterocycles. The number of cyclic esters (lactones) is 1. The molecule has 2 atom stereocenters. The molecule has 0 saturated carbocycles. The smallest absolute Gasteiger partial charge is 0.396 e. The lowest BCUT2D eigenvalue weighted by molar-refractivity contribution is -0.461. The van der Waals surface area contributed by atoms with Crippen molar-refractivity contribution < 1.29 is 14.1 Å². The first-order valence-electron chi connectivity index (χ1n) is 7.23. The first kappa shape index (κ1) is 13.6. The SMILES string of the molecule is CC/C=[N+]1\C(=O)O[C@@H](c2ccccc2)[C@H]1c1ccccc1. The van der Waals surface area contributed by atoms with E-state index < -0.39 is 0 Å². The fourth-order valence-corrected chi connectivity index (χ4v) is 2.76. The van der Waals surface area contributed by atoms with Crippen molar-refractivity contribution in [2.45, 2.75) is 25.5 Å². The molecule has 106 valence electrons. The molecular weight excluding hydrogens is 262 g/mol. The van der Waals surface area contributed by atoms with E-state index in [1.165, 1.54) is 0 Å². The molecule has 0 aliphatic carbocycles. The van der Waals surface area contributed by atoms with Gasteiger partial charge in [-0.3, -0.25) is 0 Å². The molecule has 2 aromatic rings. The van der Waals surface area contributed by atoms with Gasteiger partial charge in [0.1, 0.15) is 0 Å². The molecule has 1 aliphatic rings. The summed E-state index contributed by atoms with van der Waals surface area (Å²) >= 11 is 0. The van der Waals surface area contributed by atoms with Gasteiger partial charge in [0.25, 0.3) is 0 Å². The maximum Gasteiger partial charge on any atom is 0.597 e. The summed E-state index contributed by atoms with van der Waals surface area (Å²) in [5.74, 6) is 0. The second-order valence-electron chi connectivity index (χ2n) is 5.07. The summed E-state index contributed by atoms with van der Waals surface area (Å²) < 4.78 is 7.35. The molecule has 0 unspecified atom stereocenters. The molecule has 1 saturated heterocycles. The van der Waals surface area contributed by atoms with E-state index in [1.54, 1.807) is 4.58 Å². The minimum atomic E-state index is -0.278. The van der Waals surface area contributed by atoms with Gasteiger partial charge in [-0.2, -0.15) is 4.79 Å². The van der Waals surface area contributed by atoms with E-state index in [9.17, 15) is 4.79 Å². The van der Waals surface area contributed by atoms with Gasteiger partial charge in [-0.1, -0.05) is 67.6 Å². The molecule has 3 rings (SSSR count). The van der Waals surface area contributed by atoms with Crippen molar-refractivity contribution in [3.8, 4) is 0 Å². The van der Waals surface area contributed by atoms with Gasteiger partial charge >= 0.3 is 6.09 Å². The zero-order chi connectivity index (χ0) is 14.7. The highest BCUT2D eigenvalue weighted by molar-refractivity contribution is 5.68. The van der Waals surface area contributed by atoms with Crippen LogP contribution in [0.15, 0.2) is 60.7 Å². The highest BCUT2D eigenvalue weighted by Crippen LogP contribution is 2.40. The Labute approximate surface area is 124 Å². The first-order chi connectivity index (χ1) is 10.3. The van der Waals surface area contributed by atoms with Gasteiger partial charge in [0, 0.05) is 12.0 Å². The molecule has 2 aromatic carbocycles. The number of carbonyl (C=O) groups is 1. The van der Waals surface area contributed by atoms with Crippen LogP contribution in [0.1, 0.15) is 36.6 Å². The van der Waals surface area contributed by atoms with Crippen LogP contribution in [0.4, 0.5) is 4.79 Å². The normalized spacial score (nSPS) is 23.3. The first-order valence-corrected chi connectivity index (χ1v) is 7.23. The maximum atomic E-state index is 12.2. The maximum absolute atomic E-state index is 12.2. The number of ether oxygens (including phenoxy) is 1. The Balaban J connectivity index is 2.07. The van der Waals surface area contributed by atoms with Crippen molar-refractivity contribution in [1.29, 1.82) is 0 Å².